The average molecular weight is 628 g/mol. The maximum atomic E-state index is 12.9. The third-order valence-electron chi connectivity index (χ3n) is 7.04. The fourth-order valence-corrected chi connectivity index (χ4v) is 6.66. The highest BCUT2D eigenvalue weighted by Gasteiger charge is 2.23. The zero-order chi connectivity index (χ0) is 29.9. The number of hydrogen-bond donors (Lipinski definition) is 2. The minimum atomic E-state index is -3.53. The Morgan fingerprint density at radius 1 is 1.05 bits per heavy atom. The van der Waals surface area contributed by atoms with Crippen LogP contribution in [0.5, 0.6) is 5.75 Å². The molecular weight excluding hydrogens is 594 g/mol. The lowest BCUT2D eigenvalue weighted by Gasteiger charge is -2.31. The quantitative estimate of drug-likeness (QED) is 0.228. The molecule has 0 radical (unpaired) electrons. The predicted molar refractivity (Wildman–Crippen MR) is 169 cm³/mol. The summed E-state index contributed by atoms with van der Waals surface area (Å²) in [6.45, 7) is 8.38. The second-order valence-corrected chi connectivity index (χ2v) is 14.1. The van der Waals surface area contributed by atoms with Gasteiger partial charge in [0.05, 0.1) is 40.5 Å². The lowest BCUT2D eigenvalue weighted by Crippen LogP contribution is -2.43. The van der Waals surface area contributed by atoms with Crippen molar-refractivity contribution in [2.75, 3.05) is 51.0 Å². The van der Waals surface area contributed by atoms with Crippen LogP contribution in [-0.2, 0) is 16.4 Å². The summed E-state index contributed by atoms with van der Waals surface area (Å²) < 4.78 is 31.5. The molecule has 42 heavy (non-hydrogen) atoms. The van der Waals surface area contributed by atoms with Gasteiger partial charge in [-0.05, 0) is 51.2 Å². The number of methoxy groups -OCH3 is 1. The second kappa shape index (κ2) is 12.9. The van der Waals surface area contributed by atoms with Gasteiger partial charge < -0.3 is 20.3 Å². The van der Waals surface area contributed by atoms with Gasteiger partial charge in [-0.15, -0.1) is 11.3 Å². The molecule has 4 aromatic rings. The molecule has 10 nitrogen and oxygen atoms in total. The van der Waals surface area contributed by atoms with E-state index in [1.807, 2.05) is 18.2 Å². The van der Waals surface area contributed by atoms with Crippen LogP contribution in [0.15, 0.2) is 58.9 Å². The normalized spacial score (nSPS) is 14.7. The van der Waals surface area contributed by atoms with E-state index < -0.39 is 15.1 Å². The summed E-state index contributed by atoms with van der Waals surface area (Å²) in [7, 11) is 0.225. The van der Waals surface area contributed by atoms with Crippen LogP contribution in [0.1, 0.15) is 19.5 Å². The minimum Gasteiger partial charge on any atom is -0.495 e. The van der Waals surface area contributed by atoms with E-state index in [0.29, 0.717) is 17.1 Å². The van der Waals surface area contributed by atoms with Gasteiger partial charge in [0.1, 0.15) is 15.8 Å². The van der Waals surface area contributed by atoms with Crippen molar-refractivity contribution < 1.29 is 13.2 Å². The fraction of sp³-hybridized carbons (Fsp3) is 0.345. The summed E-state index contributed by atoms with van der Waals surface area (Å²) in [6, 6.07) is 12.5. The number of anilines is 4. The summed E-state index contributed by atoms with van der Waals surface area (Å²) in [6.07, 6.45) is 1.46. The van der Waals surface area contributed by atoms with Gasteiger partial charge in [0.2, 0.25) is 5.95 Å². The summed E-state index contributed by atoms with van der Waals surface area (Å²) in [5.74, 6) is 1.14. The lowest BCUT2D eigenvalue weighted by atomic mass is 10.2. The number of nitrogens with one attached hydrogen (secondary N) is 2. The first-order valence-corrected chi connectivity index (χ1v) is 16.4. The third kappa shape index (κ3) is 6.84. The van der Waals surface area contributed by atoms with Gasteiger partial charge in [-0.1, -0.05) is 23.7 Å². The van der Waals surface area contributed by atoms with Crippen molar-refractivity contribution in [1.29, 1.82) is 0 Å². The van der Waals surface area contributed by atoms with Crippen LogP contribution in [0.25, 0.3) is 10.6 Å². The van der Waals surface area contributed by atoms with Crippen molar-refractivity contribution in [3.63, 3.8) is 0 Å². The van der Waals surface area contributed by atoms with Gasteiger partial charge in [-0.3, -0.25) is 4.90 Å². The van der Waals surface area contributed by atoms with Crippen LogP contribution in [0.2, 0.25) is 5.02 Å². The number of hydrogen-bond acceptors (Lipinski definition) is 11. The van der Waals surface area contributed by atoms with E-state index in [2.05, 4.69) is 42.8 Å². The maximum absolute atomic E-state index is 12.9. The molecule has 222 valence electrons. The Morgan fingerprint density at radius 3 is 2.55 bits per heavy atom. The summed E-state index contributed by atoms with van der Waals surface area (Å²) in [4.78, 5) is 18.7. The van der Waals surface area contributed by atoms with Crippen molar-refractivity contribution in [1.82, 2.24) is 24.8 Å². The van der Waals surface area contributed by atoms with Crippen LogP contribution in [0.3, 0.4) is 0 Å². The molecule has 0 amide bonds. The van der Waals surface area contributed by atoms with E-state index in [4.69, 9.17) is 21.3 Å². The molecule has 13 heteroatoms. The van der Waals surface area contributed by atoms with Crippen molar-refractivity contribution in [2.24, 2.45) is 0 Å². The summed E-state index contributed by atoms with van der Waals surface area (Å²) in [5.41, 5.74) is 3.06. The molecule has 1 aliphatic heterocycles. The third-order valence-corrected chi connectivity index (χ3v) is 10.5. The van der Waals surface area contributed by atoms with Crippen molar-refractivity contribution >= 4 is 55.9 Å². The smallest absolute Gasteiger partial charge is 0.229 e. The number of aromatic nitrogens is 3. The highest BCUT2D eigenvalue weighted by Crippen LogP contribution is 2.35. The van der Waals surface area contributed by atoms with Gasteiger partial charge in [-0.25, -0.2) is 18.4 Å². The van der Waals surface area contributed by atoms with Crippen LogP contribution in [0.4, 0.5) is 23.1 Å². The minimum absolute atomic E-state index is 0.176. The average Bonchev–Trinajstić information content (AvgIpc) is 3.45. The largest absolute Gasteiger partial charge is 0.495 e. The molecule has 0 atom stereocenters. The molecule has 1 fully saturated rings. The molecule has 0 unspecified atom stereocenters. The number of nitrogens with zero attached hydrogens (tertiary/aromatic N) is 5. The van der Waals surface area contributed by atoms with Crippen molar-refractivity contribution in [3.8, 4) is 16.3 Å². The van der Waals surface area contributed by atoms with Crippen LogP contribution in [-0.4, -0.2) is 78.8 Å². The Bertz CT molecular complexity index is 1650. The van der Waals surface area contributed by atoms with Crippen LogP contribution < -0.4 is 15.4 Å². The molecule has 1 saturated heterocycles. The first-order chi connectivity index (χ1) is 20.1. The standard InChI is InChI=1S/C29H34ClN7O3S2/c1-19(2)42(38,39)26-8-6-5-7-24(26)33-27-22(30)16-31-29(35-27)34-23-10-9-20(15-25(23)40-4)28-32-21(18-41-28)17-37-13-11-36(3)12-14-37/h5-10,15-16,18-19H,11-14,17H2,1-4H3,(H2,31,33,34,35). The molecule has 2 aromatic carbocycles. The Morgan fingerprint density at radius 2 is 1.81 bits per heavy atom. The van der Waals surface area contributed by atoms with Gasteiger partial charge in [0.15, 0.2) is 15.7 Å². The molecule has 0 spiro atoms. The van der Waals surface area contributed by atoms with Gasteiger partial charge in [-0.2, -0.15) is 4.98 Å². The number of para-hydroxylation sites is 1. The molecule has 0 bridgehead atoms. The number of thiazole rings is 1. The Balaban J connectivity index is 1.33. The van der Waals surface area contributed by atoms with Crippen molar-refractivity contribution in [2.45, 2.75) is 30.5 Å². The zero-order valence-electron chi connectivity index (χ0n) is 24.0. The SMILES string of the molecule is COc1cc(-c2nc(CN3CCN(C)CC3)cs2)ccc1Nc1ncc(Cl)c(Nc2ccccc2S(=O)(=O)C(C)C)n1. The highest BCUT2D eigenvalue weighted by atomic mass is 35.5. The number of sulfone groups is 1. The molecule has 1 aliphatic rings. The topological polar surface area (TPSA) is 113 Å². The zero-order valence-corrected chi connectivity index (χ0v) is 26.4. The van der Waals surface area contributed by atoms with Crippen LogP contribution in [0, 0.1) is 0 Å². The van der Waals surface area contributed by atoms with Crippen LogP contribution >= 0.6 is 22.9 Å². The summed E-state index contributed by atoms with van der Waals surface area (Å²) >= 11 is 8.01. The van der Waals surface area contributed by atoms with E-state index in [1.54, 1.807) is 56.6 Å². The predicted octanol–water partition coefficient (Wildman–Crippen LogP) is 5.68. The van der Waals surface area contributed by atoms with E-state index in [9.17, 15) is 8.42 Å². The van der Waals surface area contributed by atoms with E-state index in [-0.39, 0.29) is 21.7 Å². The van der Waals surface area contributed by atoms with Gasteiger partial charge in [0.25, 0.3) is 0 Å². The number of benzene rings is 2. The van der Waals surface area contributed by atoms with E-state index in [0.717, 1.165) is 49.0 Å². The number of piperazine rings is 1. The lowest BCUT2D eigenvalue weighted by molar-refractivity contribution is 0.147. The molecule has 0 aliphatic carbocycles. The van der Waals surface area contributed by atoms with E-state index >= 15 is 0 Å². The molecule has 2 N–H and O–H groups in total. The van der Waals surface area contributed by atoms with Gasteiger partial charge >= 0.3 is 0 Å². The van der Waals surface area contributed by atoms with Gasteiger partial charge in [0, 0.05) is 43.7 Å². The maximum Gasteiger partial charge on any atom is 0.229 e. The number of likely N-dealkylation sites (N-methyl/N-ethyl adjacent to an activating group) is 1. The first kappa shape index (κ1) is 30.2. The van der Waals surface area contributed by atoms with E-state index in [1.165, 1.54) is 6.20 Å². The first-order valence-electron chi connectivity index (χ1n) is 13.6. The highest BCUT2D eigenvalue weighted by molar-refractivity contribution is 7.92. The van der Waals surface area contributed by atoms with Crippen molar-refractivity contribution in [3.05, 3.63) is 64.8 Å². The summed E-state index contributed by atoms with van der Waals surface area (Å²) in [5, 5.41) is 8.97. The molecule has 0 saturated carbocycles. The Kier molecular flexibility index (Phi) is 9.28. The fourth-order valence-electron chi connectivity index (χ4n) is 4.51. The number of halogens is 1. The molecule has 2 aromatic heterocycles. The molecular formula is C29H34ClN7O3S2. The molecule has 3 heterocycles. The Labute approximate surface area is 255 Å². The number of ether oxygens (including phenoxy) is 1. The second-order valence-electron chi connectivity index (χ2n) is 10.4. The monoisotopic (exact) mass is 627 g/mol. The number of rotatable bonds is 10. The molecule has 5 rings (SSSR count). The Hall–Kier alpha value is -3.29.